The Morgan fingerprint density at radius 2 is 1.80 bits per heavy atom. The van der Waals surface area contributed by atoms with Crippen LogP contribution in [0, 0.1) is 0 Å². The topological polar surface area (TPSA) is 69.6 Å². The number of rotatable bonds is 9. The third kappa shape index (κ3) is 6.00. The second kappa shape index (κ2) is 8.36. The van der Waals surface area contributed by atoms with Crippen molar-refractivity contribution in [3.05, 3.63) is 29.8 Å². The van der Waals surface area contributed by atoms with Crippen LogP contribution >= 0.6 is 0 Å². The summed E-state index contributed by atoms with van der Waals surface area (Å²) in [6.45, 7) is 1.43. The summed E-state index contributed by atoms with van der Waals surface area (Å²) in [6, 6.07) is 6.82. The molecule has 0 amide bonds. The lowest BCUT2D eigenvalue weighted by Crippen LogP contribution is -2.27. The summed E-state index contributed by atoms with van der Waals surface area (Å²) in [5, 5.41) is 8.76. The van der Waals surface area contributed by atoms with Gasteiger partial charge in [0.2, 0.25) is 10.0 Å². The summed E-state index contributed by atoms with van der Waals surface area (Å²) in [5.74, 6) is 0. The van der Waals surface area contributed by atoms with Gasteiger partial charge in [-0.3, -0.25) is 0 Å². The molecule has 114 valence electrons. The van der Waals surface area contributed by atoms with E-state index in [4.69, 9.17) is 5.11 Å². The van der Waals surface area contributed by atoms with Crippen LogP contribution in [0.25, 0.3) is 0 Å². The number of sulfonamides is 1. The SMILES string of the molecule is CN(C)CCCNS(=O)(=O)c1ccc(CCCO)cc1. The number of benzene rings is 1. The minimum Gasteiger partial charge on any atom is -0.396 e. The van der Waals surface area contributed by atoms with Gasteiger partial charge in [0.05, 0.1) is 4.90 Å². The van der Waals surface area contributed by atoms with Crippen LogP contribution in [-0.4, -0.2) is 52.2 Å². The van der Waals surface area contributed by atoms with Crippen LogP contribution < -0.4 is 4.72 Å². The van der Waals surface area contributed by atoms with Gasteiger partial charge in [0.1, 0.15) is 0 Å². The number of hydrogen-bond acceptors (Lipinski definition) is 4. The number of nitrogens with zero attached hydrogens (tertiary/aromatic N) is 1. The molecule has 0 aliphatic heterocycles. The van der Waals surface area contributed by atoms with Crippen molar-refractivity contribution in [2.75, 3.05) is 33.8 Å². The minimum atomic E-state index is -3.41. The number of aliphatic hydroxyl groups excluding tert-OH is 1. The molecular weight excluding hydrogens is 276 g/mol. The molecule has 0 heterocycles. The average molecular weight is 300 g/mol. The molecule has 1 rings (SSSR count). The van der Waals surface area contributed by atoms with Crippen molar-refractivity contribution in [2.24, 2.45) is 0 Å². The van der Waals surface area contributed by atoms with Crippen molar-refractivity contribution >= 4 is 10.0 Å². The molecule has 2 N–H and O–H groups in total. The summed E-state index contributed by atoms with van der Waals surface area (Å²) >= 11 is 0. The quantitative estimate of drug-likeness (QED) is 0.663. The number of aryl methyl sites for hydroxylation is 1. The third-order valence-corrected chi connectivity index (χ3v) is 4.41. The van der Waals surface area contributed by atoms with Gasteiger partial charge in [0, 0.05) is 13.2 Å². The summed E-state index contributed by atoms with van der Waals surface area (Å²) < 4.78 is 26.7. The summed E-state index contributed by atoms with van der Waals surface area (Å²) in [4.78, 5) is 2.31. The first-order valence-corrected chi connectivity index (χ1v) is 8.28. The first-order chi connectivity index (χ1) is 9.45. The normalized spacial score (nSPS) is 12.0. The van der Waals surface area contributed by atoms with Crippen molar-refractivity contribution in [2.45, 2.75) is 24.2 Å². The molecule has 0 radical (unpaired) electrons. The maximum atomic E-state index is 12.0. The van der Waals surface area contributed by atoms with Gasteiger partial charge in [0.15, 0.2) is 0 Å². The number of aliphatic hydroxyl groups is 1. The van der Waals surface area contributed by atoms with Gasteiger partial charge >= 0.3 is 0 Å². The fraction of sp³-hybridized carbons (Fsp3) is 0.571. The molecule has 0 bridgehead atoms. The van der Waals surface area contributed by atoms with Crippen molar-refractivity contribution in [3.63, 3.8) is 0 Å². The Kier molecular flexibility index (Phi) is 7.15. The lowest BCUT2D eigenvalue weighted by molar-refractivity contribution is 0.288. The predicted molar refractivity (Wildman–Crippen MR) is 80.2 cm³/mol. The third-order valence-electron chi connectivity index (χ3n) is 2.93. The van der Waals surface area contributed by atoms with Gasteiger partial charge < -0.3 is 10.0 Å². The molecule has 0 unspecified atom stereocenters. The summed E-state index contributed by atoms with van der Waals surface area (Å²) in [7, 11) is 0.502. The van der Waals surface area contributed by atoms with Gasteiger partial charge in [0.25, 0.3) is 0 Å². The Morgan fingerprint density at radius 3 is 2.35 bits per heavy atom. The second-order valence-electron chi connectivity index (χ2n) is 5.03. The van der Waals surface area contributed by atoms with Gasteiger partial charge in [-0.25, -0.2) is 13.1 Å². The Morgan fingerprint density at radius 1 is 1.15 bits per heavy atom. The maximum absolute atomic E-state index is 12.0. The fourth-order valence-electron chi connectivity index (χ4n) is 1.80. The highest BCUT2D eigenvalue weighted by molar-refractivity contribution is 7.89. The van der Waals surface area contributed by atoms with Crippen molar-refractivity contribution in [3.8, 4) is 0 Å². The van der Waals surface area contributed by atoms with Crippen LogP contribution in [0.5, 0.6) is 0 Å². The Balaban J connectivity index is 2.54. The molecule has 0 saturated carbocycles. The van der Waals surface area contributed by atoms with E-state index in [1.165, 1.54) is 0 Å². The van der Waals surface area contributed by atoms with E-state index >= 15 is 0 Å². The lowest BCUT2D eigenvalue weighted by Gasteiger charge is -2.10. The molecule has 0 aromatic heterocycles. The highest BCUT2D eigenvalue weighted by atomic mass is 32.2. The van der Waals surface area contributed by atoms with Gasteiger partial charge in [-0.1, -0.05) is 12.1 Å². The van der Waals surface area contributed by atoms with Crippen molar-refractivity contribution in [1.82, 2.24) is 9.62 Å². The first kappa shape index (κ1) is 17.1. The zero-order valence-electron chi connectivity index (χ0n) is 12.2. The van der Waals surface area contributed by atoms with Crippen LogP contribution in [0.1, 0.15) is 18.4 Å². The van der Waals surface area contributed by atoms with E-state index < -0.39 is 10.0 Å². The molecule has 0 spiro atoms. The van der Waals surface area contributed by atoms with Crippen LogP contribution in [0.15, 0.2) is 29.2 Å². The molecule has 0 atom stereocenters. The predicted octanol–water partition coefficient (Wildman–Crippen LogP) is 0.841. The molecule has 0 aliphatic carbocycles. The Bertz CT molecular complexity index is 484. The molecule has 5 nitrogen and oxygen atoms in total. The van der Waals surface area contributed by atoms with Crippen LogP contribution in [0.3, 0.4) is 0 Å². The van der Waals surface area contributed by atoms with Gasteiger partial charge in [-0.2, -0.15) is 0 Å². The Labute approximate surface area is 121 Å². The minimum absolute atomic E-state index is 0.146. The first-order valence-electron chi connectivity index (χ1n) is 6.80. The summed E-state index contributed by atoms with van der Waals surface area (Å²) in [6.07, 6.45) is 2.22. The smallest absolute Gasteiger partial charge is 0.240 e. The van der Waals surface area contributed by atoms with E-state index in [2.05, 4.69) is 4.72 Å². The number of nitrogens with one attached hydrogen (secondary N) is 1. The standard InChI is InChI=1S/C14H24N2O3S/c1-16(2)11-4-10-15-20(18,19)14-8-6-13(7-9-14)5-3-12-17/h6-9,15,17H,3-5,10-12H2,1-2H3. The molecular formula is C14H24N2O3S. The highest BCUT2D eigenvalue weighted by Gasteiger charge is 2.12. The number of hydrogen-bond donors (Lipinski definition) is 2. The average Bonchev–Trinajstić information content (AvgIpc) is 2.42. The Hall–Kier alpha value is -0.950. The second-order valence-corrected chi connectivity index (χ2v) is 6.79. The van der Waals surface area contributed by atoms with E-state index in [0.717, 1.165) is 24.9 Å². The lowest BCUT2D eigenvalue weighted by atomic mass is 10.1. The summed E-state index contributed by atoms with van der Waals surface area (Å²) in [5.41, 5.74) is 1.03. The van der Waals surface area contributed by atoms with Crippen LogP contribution in [0.2, 0.25) is 0 Å². The van der Waals surface area contributed by atoms with E-state index in [9.17, 15) is 8.42 Å². The van der Waals surface area contributed by atoms with E-state index in [1.54, 1.807) is 24.3 Å². The fourth-order valence-corrected chi connectivity index (χ4v) is 2.88. The monoisotopic (exact) mass is 300 g/mol. The van der Waals surface area contributed by atoms with Crippen LogP contribution in [-0.2, 0) is 16.4 Å². The van der Waals surface area contributed by atoms with Gasteiger partial charge in [-0.05, 0) is 57.6 Å². The van der Waals surface area contributed by atoms with Crippen molar-refractivity contribution < 1.29 is 13.5 Å². The highest BCUT2D eigenvalue weighted by Crippen LogP contribution is 2.11. The van der Waals surface area contributed by atoms with E-state index in [-0.39, 0.29) is 11.5 Å². The van der Waals surface area contributed by atoms with E-state index in [0.29, 0.717) is 13.0 Å². The molecule has 0 aliphatic rings. The zero-order chi connectivity index (χ0) is 15.0. The molecule has 6 heteroatoms. The van der Waals surface area contributed by atoms with Gasteiger partial charge in [-0.15, -0.1) is 0 Å². The van der Waals surface area contributed by atoms with Crippen LogP contribution in [0.4, 0.5) is 0 Å². The van der Waals surface area contributed by atoms with E-state index in [1.807, 2.05) is 19.0 Å². The van der Waals surface area contributed by atoms with Crippen molar-refractivity contribution in [1.29, 1.82) is 0 Å². The molecule has 1 aromatic carbocycles. The molecule has 0 fully saturated rings. The largest absolute Gasteiger partial charge is 0.396 e. The zero-order valence-corrected chi connectivity index (χ0v) is 13.0. The molecule has 20 heavy (non-hydrogen) atoms. The maximum Gasteiger partial charge on any atom is 0.240 e. The molecule has 0 saturated heterocycles. The molecule has 1 aromatic rings.